The van der Waals surface area contributed by atoms with E-state index in [1.54, 1.807) is 6.20 Å². The zero-order valence-electron chi connectivity index (χ0n) is 11.1. The van der Waals surface area contributed by atoms with Crippen LogP contribution in [0.2, 0.25) is 0 Å². The van der Waals surface area contributed by atoms with Crippen molar-refractivity contribution >= 4 is 11.9 Å². The third kappa shape index (κ3) is 4.02. The van der Waals surface area contributed by atoms with E-state index in [2.05, 4.69) is 15.6 Å². The molecule has 0 aliphatic rings. The summed E-state index contributed by atoms with van der Waals surface area (Å²) in [6.07, 6.45) is 2.57. The second-order valence-electron chi connectivity index (χ2n) is 4.55. The smallest absolute Gasteiger partial charge is 0.329 e. The number of carbonyl (C=O) groups excluding carboxylic acids is 1. The molecule has 0 saturated heterocycles. The first-order valence-electron chi connectivity index (χ1n) is 6.04. The Hall–Kier alpha value is -1.96. The van der Waals surface area contributed by atoms with Gasteiger partial charge in [-0.25, -0.2) is 9.48 Å². The molecule has 0 fully saturated rings. The van der Waals surface area contributed by atoms with Crippen molar-refractivity contribution in [1.82, 2.24) is 20.3 Å². The molecule has 1 atom stereocenters. The number of aromatic nitrogens is 3. The molecule has 0 spiro atoms. The lowest BCUT2D eigenvalue weighted by Gasteiger charge is -2.25. The summed E-state index contributed by atoms with van der Waals surface area (Å²) < 4.78 is 1.33. The van der Waals surface area contributed by atoms with Gasteiger partial charge >= 0.3 is 5.97 Å². The van der Waals surface area contributed by atoms with Gasteiger partial charge in [-0.3, -0.25) is 4.79 Å². The molecular formula is C11H19N5O3. The molecule has 0 saturated carbocycles. The number of rotatable bonds is 7. The van der Waals surface area contributed by atoms with Crippen LogP contribution >= 0.6 is 0 Å². The highest BCUT2D eigenvalue weighted by Gasteiger charge is 2.33. The third-order valence-electron chi connectivity index (χ3n) is 2.74. The molecule has 0 aromatic carbocycles. The van der Waals surface area contributed by atoms with Crippen molar-refractivity contribution in [2.24, 2.45) is 5.73 Å². The third-order valence-corrected chi connectivity index (χ3v) is 2.74. The number of nitrogens with one attached hydrogen (secondary N) is 1. The molecule has 4 N–H and O–H groups in total. The van der Waals surface area contributed by atoms with Gasteiger partial charge in [0.05, 0.1) is 11.9 Å². The number of carboxylic acid groups (broad SMARTS) is 1. The summed E-state index contributed by atoms with van der Waals surface area (Å²) in [5, 5.41) is 19.1. The van der Waals surface area contributed by atoms with Crippen molar-refractivity contribution in [2.45, 2.75) is 45.3 Å². The van der Waals surface area contributed by atoms with Crippen molar-refractivity contribution in [3.8, 4) is 0 Å². The molecule has 1 amide bonds. The normalized spacial score (nSPS) is 13.8. The highest BCUT2D eigenvalue weighted by atomic mass is 16.4. The molecule has 106 valence electrons. The van der Waals surface area contributed by atoms with Crippen molar-refractivity contribution in [2.75, 3.05) is 0 Å². The van der Waals surface area contributed by atoms with E-state index in [0.29, 0.717) is 18.5 Å². The molecule has 0 bridgehead atoms. The Morgan fingerprint density at radius 1 is 1.58 bits per heavy atom. The number of nitrogens with two attached hydrogens (primary N) is 1. The van der Waals surface area contributed by atoms with Crippen LogP contribution in [-0.4, -0.2) is 37.5 Å². The van der Waals surface area contributed by atoms with Gasteiger partial charge in [0.25, 0.3) is 0 Å². The van der Waals surface area contributed by atoms with E-state index >= 15 is 0 Å². The fourth-order valence-corrected chi connectivity index (χ4v) is 1.73. The van der Waals surface area contributed by atoms with Crippen LogP contribution in [0, 0.1) is 0 Å². The minimum atomic E-state index is -1.26. The van der Waals surface area contributed by atoms with Crippen LogP contribution in [0.15, 0.2) is 6.20 Å². The fraction of sp³-hybridized carbons (Fsp3) is 0.636. The van der Waals surface area contributed by atoms with Gasteiger partial charge in [-0.1, -0.05) is 18.6 Å². The number of hydrogen-bond donors (Lipinski definition) is 3. The first kappa shape index (κ1) is 15.1. The number of nitrogens with zero attached hydrogens (tertiary/aromatic N) is 3. The maximum Gasteiger partial charge on any atom is 0.329 e. The summed E-state index contributed by atoms with van der Waals surface area (Å²) >= 11 is 0. The van der Waals surface area contributed by atoms with E-state index in [4.69, 9.17) is 10.8 Å². The monoisotopic (exact) mass is 269 g/mol. The van der Waals surface area contributed by atoms with Gasteiger partial charge in [0.2, 0.25) is 5.91 Å². The summed E-state index contributed by atoms with van der Waals surface area (Å²) in [5.74, 6) is -1.48. The Labute approximate surface area is 111 Å². The summed E-state index contributed by atoms with van der Waals surface area (Å²) in [7, 11) is 0. The Morgan fingerprint density at radius 3 is 2.74 bits per heavy atom. The van der Waals surface area contributed by atoms with E-state index in [1.807, 2.05) is 6.92 Å². The van der Waals surface area contributed by atoms with Gasteiger partial charge in [-0.2, -0.15) is 0 Å². The molecule has 1 unspecified atom stereocenters. The zero-order valence-corrected chi connectivity index (χ0v) is 11.1. The molecule has 0 aliphatic carbocycles. The second-order valence-corrected chi connectivity index (χ2v) is 4.55. The molecule has 0 radical (unpaired) electrons. The molecule has 1 aromatic rings. The molecule has 8 heteroatoms. The number of amides is 1. The summed E-state index contributed by atoms with van der Waals surface area (Å²) in [4.78, 5) is 23.0. The Morgan fingerprint density at radius 2 is 2.26 bits per heavy atom. The molecule has 1 heterocycles. The maximum absolute atomic E-state index is 11.8. The lowest BCUT2D eigenvalue weighted by Crippen LogP contribution is -2.53. The van der Waals surface area contributed by atoms with Crippen molar-refractivity contribution in [1.29, 1.82) is 0 Å². The van der Waals surface area contributed by atoms with Crippen LogP contribution in [0.1, 0.15) is 32.4 Å². The fourth-order valence-electron chi connectivity index (χ4n) is 1.73. The average molecular weight is 269 g/mol. The molecular weight excluding hydrogens is 250 g/mol. The van der Waals surface area contributed by atoms with Gasteiger partial charge in [0, 0.05) is 6.54 Å². The van der Waals surface area contributed by atoms with Crippen molar-refractivity contribution < 1.29 is 14.7 Å². The van der Waals surface area contributed by atoms with E-state index in [0.717, 1.165) is 0 Å². The number of carbonyl (C=O) groups is 2. The topological polar surface area (TPSA) is 123 Å². The quantitative estimate of drug-likeness (QED) is 0.613. The van der Waals surface area contributed by atoms with E-state index in [-0.39, 0.29) is 13.1 Å². The molecule has 0 aliphatic heterocycles. The Bertz CT molecular complexity index is 459. The summed E-state index contributed by atoms with van der Waals surface area (Å²) in [6, 6.07) is 0. The predicted molar refractivity (Wildman–Crippen MR) is 67.0 cm³/mol. The Kier molecular flexibility index (Phi) is 4.99. The van der Waals surface area contributed by atoms with Gasteiger partial charge in [0.1, 0.15) is 12.1 Å². The largest absolute Gasteiger partial charge is 0.480 e. The minimum Gasteiger partial charge on any atom is -0.480 e. The summed E-state index contributed by atoms with van der Waals surface area (Å²) in [6.45, 7) is 3.51. The van der Waals surface area contributed by atoms with Crippen LogP contribution < -0.4 is 11.1 Å². The van der Waals surface area contributed by atoms with Crippen molar-refractivity contribution in [3.05, 3.63) is 11.9 Å². The van der Waals surface area contributed by atoms with Crippen LogP contribution in [0.5, 0.6) is 0 Å². The van der Waals surface area contributed by atoms with Gasteiger partial charge in [-0.05, 0) is 13.3 Å². The van der Waals surface area contributed by atoms with Gasteiger partial charge in [0.15, 0.2) is 0 Å². The lowest BCUT2D eigenvalue weighted by atomic mass is 9.96. The first-order chi connectivity index (χ1) is 8.91. The standard InChI is InChI=1S/C11H19N5O3/c1-3-4-11(2,10(18)19)13-9(17)7-16-6-8(5-12)14-15-16/h6H,3-5,7,12H2,1-2H3,(H,13,17)(H,18,19). The second kappa shape index (κ2) is 6.28. The van der Waals surface area contributed by atoms with Crippen LogP contribution in [-0.2, 0) is 22.7 Å². The van der Waals surface area contributed by atoms with Crippen LogP contribution in [0.25, 0.3) is 0 Å². The number of hydrogen-bond acceptors (Lipinski definition) is 5. The first-order valence-corrected chi connectivity index (χ1v) is 6.04. The van der Waals surface area contributed by atoms with Crippen LogP contribution in [0.4, 0.5) is 0 Å². The number of carboxylic acids is 1. The highest BCUT2D eigenvalue weighted by Crippen LogP contribution is 2.12. The molecule has 19 heavy (non-hydrogen) atoms. The van der Waals surface area contributed by atoms with E-state index in [9.17, 15) is 9.59 Å². The highest BCUT2D eigenvalue weighted by molar-refractivity contribution is 5.86. The molecule has 1 rings (SSSR count). The number of aliphatic carboxylic acids is 1. The van der Waals surface area contributed by atoms with E-state index < -0.39 is 17.4 Å². The molecule has 1 aromatic heterocycles. The van der Waals surface area contributed by atoms with Crippen LogP contribution in [0.3, 0.4) is 0 Å². The van der Waals surface area contributed by atoms with Gasteiger partial charge in [-0.15, -0.1) is 5.10 Å². The van der Waals surface area contributed by atoms with Crippen molar-refractivity contribution in [3.63, 3.8) is 0 Å². The lowest BCUT2D eigenvalue weighted by molar-refractivity contribution is -0.147. The average Bonchev–Trinajstić information content (AvgIpc) is 2.76. The maximum atomic E-state index is 11.8. The van der Waals surface area contributed by atoms with E-state index in [1.165, 1.54) is 11.6 Å². The van der Waals surface area contributed by atoms with Gasteiger partial charge < -0.3 is 16.2 Å². The predicted octanol–water partition coefficient (Wildman–Crippen LogP) is -0.504. The summed E-state index contributed by atoms with van der Waals surface area (Å²) in [5.41, 5.74) is 4.69. The SMILES string of the molecule is CCCC(C)(NC(=O)Cn1cc(CN)nn1)C(=O)O. The zero-order chi connectivity index (χ0) is 14.5. The molecule has 8 nitrogen and oxygen atoms in total. The minimum absolute atomic E-state index is 0.0837. The Balaban J connectivity index is 2.65.